The van der Waals surface area contributed by atoms with Crippen LogP contribution in [0.15, 0.2) is 35.5 Å². The summed E-state index contributed by atoms with van der Waals surface area (Å²) in [5, 5.41) is 6.02. The van der Waals surface area contributed by atoms with Crippen LogP contribution in [0.4, 0.5) is 5.69 Å². The van der Waals surface area contributed by atoms with Crippen LogP contribution in [0.1, 0.15) is 34.8 Å². The Morgan fingerprint density at radius 2 is 2.12 bits per heavy atom. The summed E-state index contributed by atoms with van der Waals surface area (Å²) >= 11 is 0. The number of carbonyl (C=O) groups is 1. The highest BCUT2D eigenvalue weighted by molar-refractivity contribution is 6.05. The zero-order valence-electron chi connectivity index (χ0n) is 14.4. The van der Waals surface area contributed by atoms with Crippen LogP contribution in [-0.2, 0) is 0 Å². The monoisotopic (exact) mass is 342 g/mol. The van der Waals surface area contributed by atoms with Gasteiger partial charge in [-0.15, -0.1) is 0 Å². The summed E-state index contributed by atoms with van der Waals surface area (Å²) in [6.07, 6.45) is 6.61. The van der Waals surface area contributed by atoms with Crippen LogP contribution in [0.2, 0.25) is 0 Å². The van der Waals surface area contributed by atoms with E-state index in [0.717, 1.165) is 25.9 Å². The molecule has 0 radical (unpaired) electrons. The first-order chi connectivity index (χ1) is 12.1. The molecule has 25 heavy (non-hydrogen) atoms. The van der Waals surface area contributed by atoms with Crippen LogP contribution < -0.4 is 20.9 Å². The van der Waals surface area contributed by atoms with Gasteiger partial charge in [-0.05, 0) is 44.5 Å². The molecule has 0 atom stereocenters. The molecule has 1 aliphatic rings. The Balaban J connectivity index is 1.90. The number of aryl methyl sites for hydroxylation is 1. The van der Waals surface area contributed by atoms with Gasteiger partial charge in [0.15, 0.2) is 0 Å². The molecule has 0 aromatic carbocycles. The van der Waals surface area contributed by atoms with E-state index >= 15 is 0 Å². The lowest BCUT2D eigenvalue weighted by Crippen LogP contribution is -2.37. The lowest BCUT2D eigenvalue weighted by Gasteiger charge is -2.25. The van der Waals surface area contributed by atoms with Crippen molar-refractivity contribution < 1.29 is 9.53 Å². The second kappa shape index (κ2) is 7.48. The lowest BCUT2D eigenvalue weighted by molar-refractivity contribution is 0.102. The molecule has 7 nitrogen and oxygen atoms in total. The predicted octanol–water partition coefficient (Wildman–Crippen LogP) is 1.74. The highest BCUT2D eigenvalue weighted by atomic mass is 16.5. The highest BCUT2D eigenvalue weighted by Gasteiger charge is 2.21. The summed E-state index contributed by atoms with van der Waals surface area (Å²) < 4.78 is 6.79. The number of amides is 1. The van der Waals surface area contributed by atoms with Crippen molar-refractivity contribution in [3.05, 3.63) is 52.2 Å². The summed E-state index contributed by atoms with van der Waals surface area (Å²) in [6.45, 7) is 3.52. The van der Waals surface area contributed by atoms with E-state index in [4.69, 9.17) is 4.74 Å². The second-order valence-corrected chi connectivity index (χ2v) is 6.13. The normalized spacial score (nSPS) is 15.0. The number of methoxy groups -OCH3 is 1. The molecule has 1 fully saturated rings. The number of anilines is 1. The first-order valence-corrected chi connectivity index (χ1v) is 8.33. The molecular weight excluding hydrogens is 320 g/mol. The van der Waals surface area contributed by atoms with Crippen molar-refractivity contribution in [3.63, 3.8) is 0 Å². The van der Waals surface area contributed by atoms with Gasteiger partial charge in [-0.2, -0.15) is 0 Å². The summed E-state index contributed by atoms with van der Waals surface area (Å²) in [7, 11) is 1.53. The van der Waals surface area contributed by atoms with E-state index in [2.05, 4.69) is 15.6 Å². The number of hydrogen-bond donors (Lipinski definition) is 2. The molecule has 0 unspecified atom stereocenters. The zero-order valence-corrected chi connectivity index (χ0v) is 14.4. The minimum absolute atomic E-state index is 0.124. The number of piperidine rings is 1. The minimum Gasteiger partial charge on any atom is -0.495 e. The molecule has 0 aliphatic carbocycles. The Labute approximate surface area is 146 Å². The Morgan fingerprint density at radius 3 is 2.84 bits per heavy atom. The van der Waals surface area contributed by atoms with Crippen molar-refractivity contribution in [2.45, 2.75) is 25.8 Å². The van der Waals surface area contributed by atoms with Crippen molar-refractivity contribution in [2.24, 2.45) is 0 Å². The number of pyridine rings is 2. The third kappa shape index (κ3) is 3.71. The Kier molecular flexibility index (Phi) is 5.14. The number of ether oxygens (including phenoxy) is 1. The molecular formula is C18H22N4O3. The molecule has 1 amide bonds. The third-order valence-corrected chi connectivity index (χ3v) is 4.46. The average Bonchev–Trinajstić information content (AvgIpc) is 2.62. The number of nitrogens with one attached hydrogen (secondary N) is 2. The summed E-state index contributed by atoms with van der Waals surface area (Å²) in [5.41, 5.74) is 1.06. The molecule has 1 saturated heterocycles. The Morgan fingerprint density at radius 1 is 1.36 bits per heavy atom. The SMILES string of the molecule is COc1cncc(NC(=O)c2c(C)ccn(C3CCNCC3)c2=O)c1. The molecule has 3 rings (SSSR count). The van der Waals surface area contributed by atoms with Gasteiger partial charge in [0.25, 0.3) is 11.5 Å². The third-order valence-electron chi connectivity index (χ3n) is 4.46. The first-order valence-electron chi connectivity index (χ1n) is 8.33. The van der Waals surface area contributed by atoms with E-state index in [1.54, 1.807) is 30.0 Å². The van der Waals surface area contributed by atoms with E-state index in [-0.39, 0.29) is 17.2 Å². The maximum atomic E-state index is 12.9. The number of carbonyl (C=O) groups excluding carboxylic acids is 1. The quantitative estimate of drug-likeness (QED) is 0.884. The van der Waals surface area contributed by atoms with Gasteiger partial charge in [-0.1, -0.05) is 0 Å². The fraction of sp³-hybridized carbons (Fsp3) is 0.389. The van der Waals surface area contributed by atoms with Crippen molar-refractivity contribution in [1.29, 1.82) is 0 Å². The van der Waals surface area contributed by atoms with Gasteiger partial charge in [0, 0.05) is 18.3 Å². The molecule has 2 aromatic rings. The van der Waals surface area contributed by atoms with Crippen LogP contribution in [-0.4, -0.2) is 35.7 Å². The molecule has 132 valence electrons. The maximum Gasteiger partial charge on any atom is 0.263 e. The molecule has 2 N–H and O–H groups in total. The molecule has 2 aromatic heterocycles. The van der Waals surface area contributed by atoms with E-state index < -0.39 is 5.91 Å². The predicted molar refractivity (Wildman–Crippen MR) is 95.3 cm³/mol. The average molecular weight is 342 g/mol. The fourth-order valence-corrected chi connectivity index (χ4v) is 3.08. The molecule has 0 bridgehead atoms. The van der Waals surface area contributed by atoms with Gasteiger partial charge in [-0.25, -0.2) is 0 Å². The summed E-state index contributed by atoms with van der Waals surface area (Å²) in [6, 6.07) is 3.61. The van der Waals surface area contributed by atoms with Gasteiger partial charge in [0.05, 0.1) is 25.2 Å². The zero-order chi connectivity index (χ0) is 17.8. The molecule has 7 heteroatoms. The summed E-state index contributed by atoms with van der Waals surface area (Å²) in [5.74, 6) is 0.107. The van der Waals surface area contributed by atoms with Crippen LogP contribution in [0.5, 0.6) is 5.75 Å². The van der Waals surface area contributed by atoms with Gasteiger partial charge < -0.3 is 19.9 Å². The number of aromatic nitrogens is 2. The van der Waals surface area contributed by atoms with E-state index in [9.17, 15) is 9.59 Å². The molecule has 3 heterocycles. The van der Waals surface area contributed by atoms with Crippen molar-refractivity contribution in [2.75, 3.05) is 25.5 Å². The topological polar surface area (TPSA) is 85.2 Å². The number of hydrogen-bond acceptors (Lipinski definition) is 5. The van der Waals surface area contributed by atoms with Gasteiger partial charge in [-0.3, -0.25) is 14.6 Å². The summed E-state index contributed by atoms with van der Waals surface area (Å²) in [4.78, 5) is 29.6. The van der Waals surface area contributed by atoms with E-state index in [0.29, 0.717) is 17.0 Å². The maximum absolute atomic E-state index is 12.9. The van der Waals surface area contributed by atoms with E-state index in [1.165, 1.54) is 13.3 Å². The fourth-order valence-electron chi connectivity index (χ4n) is 3.08. The van der Waals surface area contributed by atoms with Crippen molar-refractivity contribution >= 4 is 11.6 Å². The van der Waals surface area contributed by atoms with Crippen LogP contribution >= 0.6 is 0 Å². The first kappa shape index (κ1) is 17.2. The molecule has 0 saturated carbocycles. The smallest absolute Gasteiger partial charge is 0.263 e. The van der Waals surface area contributed by atoms with Gasteiger partial charge >= 0.3 is 0 Å². The van der Waals surface area contributed by atoms with Crippen molar-refractivity contribution in [1.82, 2.24) is 14.9 Å². The largest absolute Gasteiger partial charge is 0.495 e. The number of nitrogens with zero attached hydrogens (tertiary/aromatic N) is 2. The minimum atomic E-state index is -0.430. The molecule has 0 spiro atoms. The van der Waals surface area contributed by atoms with Gasteiger partial charge in [0.1, 0.15) is 11.3 Å². The van der Waals surface area contributed by atoms with E-state index in [1.807, 2.05) is 6.07 Å². The standard InChI is InChI=1S/C18H22N4O3/c1-12-5-8-22(14-3-6-19-7-4-14)18(24)16(12)17(23)21-13-9-15(25-2)11-20-10-13/h5,8-11,14,19H,3-4,6-7H2,1-2H3,(H,21,23). The molecule has 1 aliphatic heterocycles. The van der Waals surface area contributed by atoms with Crippen molar-refractivity contribution in [3.8, 4) is 5.75 Å². The highest BCUT2D eigenvalue weighted by Crippen LogP contribution is 2.19. The van der Waals surface area contributed by atoms with Gasteiger partial charge in [0.2, 0.25) is 0 Å². The Hall–Kier alpha value is -2.67. The lowest BCUT2D eigenvalue weighted by atomic mass is 10.0. The second-order valence-electron chi connectivity index (χ2n) is 6.13. The Bertz CT molecular complexity index is 825. The van der Waals surface area contributed by atoms with Crippen LogP contribution in [0, 0.1) is 6.92 Å². The number of rotatable bonds is 4. The van der Waals surface area contributed by atoms with Crippen LogP contribution in [0.25, 0.3) is 0 Å². The van der Waals surface area contributed by atoms with Crippen LogP contribution in [0.3, 0.4) is 0 Å².